The Bertz CT molecular complexity index is 1070. The van der Waals surface area contributed by atoms with Gasteiger partial charge < -0.3 is 15.1 Å². The second-order valence-electron chi connectivity index (χ2n) is 8.33. The SMILES string of the molecule is O=C(N1CCN(c2ncnc3ccccc23)CC1)C1(c2ccc(Cl)cc2)CCNCC1. The maximum absolute atomic E-state index is 13.8. The van der Waals surface area contributed by atoms with E-state index in [1.807, 2.05) is 47.4 Å². The highest BCUT2D eigenvalue weighted by atomic mass is 35.5. The maximum Gasteiger partial charge on any atom is 0.233 e. The van der Waals surface area contributed by atoms with Gasteiger partial charge in [0.1, 0.15) is 12.1 Å². The lowest BCUT2D eigenvalue weighted by molar-refractivity contribution is -0.139. The minimum atomic E-state index is -0.473. The highest BCUT2D eigenvalue weighted by Gasteiger charge is 2.44. The van der Waals surface area contributed by atoms with Gasteiger partial charge in [-0.05, 0) is 55.8 Å². The van der Waals surface area contributed by atoms with Gasteiger partial charge in [0.25, 0.3) is 0 Å². The zero-order valence-electron chi connectivity index (χ0n) is 17.4. The number of nitrogens with zero attached hydrogens (tertiary/aromatic N) is 4. The molecule has 0 radical (unpaired) electrons. The van der Waals surface area contributed by atoms with Crippen LogP contribution in [0.5, 0.6) is 0 Å². The van der Waals surface area contributed by atoms with Gasteiger partial charge in [0.05, 0.1) is 10.9 Å². The standard InChI is InChI=1S/C24H26ClN5O/c25-19-7-5-18(6-8-19)24(9-11-26-12-10-24)23(31)30-15-13-29(14-16-30)22-20-3-1-2-4-21(20)27-17-28-22/h1-8,17,26H,9-16H2. The summed E-state index contributed by atoms with van der Waals surface area (Å²) in [6, 6.07) is 15.9. The van der Waals surface area contributed by atoms with Gasteiger partial charge in [-0.2, -0.15) is 0 Å². The number of nitrogens with one attached hydrogen (secondary N) is 1. The predicted octanol–water partition coefficient (Wildman–Crippen LogP) is 3.25. The number of piperazine rings is 1. The largest absolute Gasteiger partial charge is 0.352 e. The summed E-state index contributed by atoms with van der Waals surface area (Å²) in [5, 5.41) is 5.16. The zero-order chi connectivity index (χ0) is 21.3. The number of rotatable bonds is 3. The number of hydrogen-bond acceptors (Lipinski definition) is 5. The number of benzene rings is 2. The van der Waals surface area contributed by atoms with Crippen LogP contribution in [0.25, 0.3) is 10.9 Å². The van der Waals surface area contributed by atoms with Gasteiger partial charge >= 0.3 is 0 Å². The number of hydrogen-bond donors (Lipinski definition) is 1. The highest BCUT2D eigenvalue weighted by molar-refractivity contribution is 6.30. The van der Waals surface area contributed by atoms with Crippen molar-refractivity contribution in [3.63, 3.8) is 0 Å². The van der Waals surface area contributed by atoms with Gasteiger partial charge in [0.2, 0.25) is 5.91 Å². The lowest BCUT2D eigenvalue weighted by Crippen LogP contribution is -2.57. The summed E-state index contributed by atoms with van der Waals surface area (Å²) in [5.41, 5.74) is 1.55. The molecule has 1 N–H and O–H groups in total. The van der Waals surface area contributed by atoms with E-state index in [-0.39, 0.29) is 5.91 Å². The van der Waals surface area contributed by atoms with Gasteiger partial charge in [-0.25, -0.2) is 9.97 Å². The lowest BCUT2D eigenvalue weighted by atomic mass is 9.72. The van der Waals surface area contributed by atoms with Gasteiger partial charge in [-0.3, -0.25) is 4.79 Å². The van der Waals surface area contributed by atoms with Crippen molar-refractivity contribution in [2.75, 3.05) is 44.2 Å². The summed E-state index contributed by atoms with van der Waals surface area (Å²) in [6.45, 7) is 4.62. The smallest absolute Gasteiger partial charge is 0.233 e. The Hall–Kier alpha value is -2.70. The van der Waals surface area contributed by atoms with Crippen LogP contribution in [0.2, 0.25) is 5.02 Å². The van der Waals surface area contributed by atoms with Crippen molar-refractivity contribution in [3.8, 4) is 0 Å². The fourth-order valence-corrected chi connectivity index (χ4v) is 5.04. The monoisotopic (exact) mass is 435 g/mol. The number of para-hydroxylation sites is 1. The van der Waals surface area contributed by atoms with Crippen LogP contribution in [-0.2, 0) is 10.2 Å². The Morgan fingerprint density at radius 3 is 2.39 bits per heavy atom. The summed E-state index contributed by atoms with van der Waals surface area (Å²) < 4.78 is 0. The Balaban J connectivity index is 1.36. The lowest BCUT2D eigenvalue weighted by Gasteiger charge is -2.43. The molecule has 3 heterocycles. The third-order valence-electron chi connectivity index (χ3n) is 6.65. The summed E-state index contributed by atoms with van der Waals surface area (Å²) in [5.74, 6) is 1.19. The van der Waals surface area contributed by atoms with E-state index in [1.54, 1.807) is 6.33 Å². The molecule has 31 heavy (non-hydrogen) atoms. The number of aromatic nitrogens is 2. The van der Waals surface area contributed by atoms with E-state index in [9.17, 15) is 4.79 Å². The van der Waals surface area contributed by atoms with Crippen LogP contribution in [0.4, 0.5) is 5.82 Å². The molecule has 6 nitrogen and oxygen atoms in total. The molecule has 2 fully saturated rings. The number of amides is 1. The summed E-state index contributed by atoms with van der Waals surface area (Å²) >= 11 is 6.12. The van der Waals surface area contributed by atoms with Crippen molar-refractivity contribution in [1.29, 1.82) is 0 Å². The number of halogens is 1. The van der Waals surface area contributed by atoms with Crippen molar-refractivity contribution in [2.24, 2.45) is 0 Å². The molecule has 2 aromatic carbocycles. The number of piperidine rings is 1. The molecule has 2 saturated heterocycles. The van der Waals surface area contributed by atoms with E-state index < -0.39 is 5.41 Å². The van der Waals surface area contributed by atoms with Crippen molar-refractivity contribution in [2.45, 2.75) is 18.3 Å². The molecule has 0 atom stereocenters. The molecule has 0 saturated carbocycles. The van der Waals surface area contributed by atoms with E-state index >= 15 is 0 Å². The molecule has 0 bridgehead atoms. The molecule has 0 aliphatic carbocycles. The summed E-state index contributed by atoms with van der Waals surface area (Å²) in [4.78, 5) is 27.1. The second kappa shape index (κ2) is 8.44. The van der Waals surface area contributed by atoms with Crippen molar-refractivity contribution < 1.29 is 4.79 Å². The van der Waals surface area contributed by atoms with Crippen LogP contribution in [0.15, 0.2) is 54.9 Å². The minimum absolute atomic E-state index is 0.239. The van der Waals surface area contributed by atoms with Gasteiger partial charge in [0, 0.05) is 36.6 Å². The minimum Gasteiger partial charge on any atom is -0.352 e. The average Bonchev–Trinajstić information content (AvgIpc) is 2.84. The molecule has 160 valence electrons. The number of anilines is 1. The molecule has 1 aromatic heterocycles. The molecule has 7 heteroatoms. The number of carbonyl (C=O) groups is 1. The average molecular weight is 436 g/mol. The molecule has 5 rings (SSSR count). The normalized spacial score (nSPS) is 18.9. The molecule has 2 aliphatic rings. The summed E-state index contributed by atoms with van der Waals surface area (Å²) in [7, 11) is 0. The van der Waals surface area contributed by atoms with E-state index in [0.29, 0.717) is 18.1 Å². The molecule has 2 aliphatic heterocycles. The Morgan fingerprint density at radius 1 is 0.935 bits per heavy atom. The van der Waals surface area contributed by atoms with Gasteiger partial charge in [0.15, 0.2) is 0 Å². The van der Waals surface area contributed by atoms with Crippen molar-refractivity contribution in [1.82, 2.24) is 20.2 Å². The van der Waals surface area contributed by atoms with Crippen LogP contribution in [0.3, 0.4) is 0 Å². The molecular formula is C24H26ClN5O. The first-order valence-electron chi connectivity index (χ1n) is 10.9. The van der Waals surface area contributed by atoms with Crippen LogP contribution >= 0.6 is 11.6 Å². The van der Waals surface area contributed by atoms with E-state index in [1.165, 1.54) is 0 Å². The third kappa shape index (κ3) is 3.75. The fraction of sp³-hybridized carbons (Fsp3) is 0.375. The molecular weight excluding hydrogens is 410 g/mol. The first-order valence-corrected chi connectivity index (χ1v) is 11.3. The Kier molecular flexibility index (Phi) is 5.50. The van der Waals surface area contributed by atoms with Crippen molar-refractivity contribution in [3.05, 3.63) is 65.4 Å². The van der Waals surface area contributed by atoms with Crippen LogP contribution in [0, 0.1) is 0 Å². The molecule has 0 spiro atoms. The quantitative estimate of drug-likeness (QED) is 0.684. The summed E-state index contributed by atoms with van der Waals surface area (Å²) in [6.07, 6.45) is 3.24. The Labute approximate surface area is 187 Å². The number of fused-ring (bicyclic) bond motifs is 1. The van der Waals surface area contributed by atoms with Gasteiger partial charge in [-0.1, -0.05) is 35.9 Å². The van der Waals surface area contributed by atoms with Crippen LogP contribution in [-0.4, -0.2) is 60.0 Å². The number of carbonyl (C=O) groups excluding carboxylic acids is 1. The van der Waals surface area contributed by atoms with E-state index in [4.69, 9.17) is 11.6 Å². The topological polar surface area (TPSA) is 61.4 Å². The highest BCUT2D eigenvalue weighted by Crippen LogP contribution is 2.37. The molecule has 1 amide bonds. The zero-order valence-corrected chi connectivity index (χ0v) is 18.2. The second-order valence-corrected chi connectivity index (χ2v) is 8.77. The van der Waals surface area contributed by atoms with E-state index in [0.717, 1.165) is 61.3 Å². The van der Waals surface area contributed by atoms with Crippen molar-refractivity contribution >= 4 is 34.2 Å². The van der Waals surface area contributed by atoms with Crippen LogP contribution < -0.4 is 10.2 Å². The first-order chi connectivity index (χ1) is 15.2. The first kappa shape index (κ1) is 20.2. The Morgan fingerprint density at radius 2 is 1.65 bits per heavy atom. The third-order valence-corrected chi connectivity index (χ3v) is 6.90. The predicted molar refractivity (Wildman–Crippen MR) is 124 cm³/mol. The van der Waals surface area contributed by atoms with E-state index in [2.05, 4.69) is 26.3 Å². The molecule has 0 unspecified atom stereocenters. The molecule has 3 aromatic rings. The van der Waals surface area contributed by atoms with Gasteiger partial charge in [-0.15, -0.1) is 0 Å². The maximum atomic E-state index is 13.8. The van der Waals surface area contributed by atoms with Crippen LogP contribution in [0.1, 0.15) is 18.4 Å². The fourth-order valence-electron chi connectivity index (χ4n) is 4.92.